The van der Waals surface area contributed by atoms with E-state index in [1.807, 2.05) is 30.3 Å². The number of nitrogens with zero attached hydrogens (tertiary/aromatic N) is 3. The van der Waals surface area contributed by atoms with Gasteiger partial charge in [-0.15, -0.1) is 0 Å². The van der Waals surface area contributed by atoms with Crippen LogP contribution in [0.2, 0.25) is 0 Å². The quantitative estimate of drug-likeness (QED) is 0.272. The van der Waals surface area contributed by atoms with E-state index in [-0.39, 0.29) is 12.5 Å². The Morgan fingerprint density at radius 3 is 2.03 bits per heavy atom. The van der Waals surface area contributed by atoms with Crippen molar-refractivity contribution in [2.24, 2.45) is 0 Å². The van der Waals surface area contributed by atoms with Crippen molar-refractivity contribution in [1.29, 1.82) is 0 Å². The predicted octanol–water partition coefficient (Wildman–Crippen LogP) is 4.89. The first-order chi connectivity index (χ1) is 18.6. The van der Waals surface area contributed by atoms with E-state index in [1.165, 1.54) is 16.7 Å². The minimum Gasteiger partial charge on any atom is -0.465 e. The summed E-state index contributed by atoms with van der Waals surface area (Å²) in [6.07, 6.45) is 3.74. The van der Waals surface area contributed by atoms with Crippen LogP contribution in [0.1, 0.15) is 35.7 Å². The number of aliphatic hydroxyl groups is 1. The molecule has 0 amide bonds. The Labute approximate surface area is 223 Å². The van der Waals surface area contributed by atoms with E-state index in [2.05, 4.69) is 82.8 Å². The molecule has 0 radical (unpaired) electrons. The molecule has 0 bridgehead atoms. The zero-order valence-corrected chi connectivity index (χ0v) is 21.6. The Kier molecular flexibility index (Phi) is 7.82. The van der Waals surface area contributed by atoms with Crippen molar-refractivity contribution in [3.05, 3.63) is 131 Å². The van der Waals surface area contributed by atoms with E-state index in [4.69, 9.17) is 4.74 Å². The fourth-order valence-corrected chi connectivity index (χ4v) is 5.45. The van der Waals surface area contributed by atoms with Crippen LogP contribution in [-0.2, 0) is 21.6 Å². The van der Waals surface area contributed by atoms with Gasteiger partial charge in [-0.3, -0.25) is 14.4 Å². The number of piperidine rings is 1. The maximum absolute atomic E-state index is 11.9. The van der Waals surface area contributed by atoms with Gasteiger partial charge in [0.05, 0.1) is 23.9 Å². The van der Waals surface area contributed by atoms with E-state index in [1.54, 1.807) is 17.8 Å². The number of benzene rings is 3. The average molecular weight is 508 g/mol. The third-order valence-electron chi connectivity index (χ3n) is 7.11. The fourth-order valence-electron chi connectivity index (χ4n) is 5.45. The number of rotatable bonds is 8. The van der Waals surface area contributed by atoms with Gasteiger partial charge in [-0.05, 0) is 47.8 Å². The van der Waals surface area contributed by atoms with Gasteiger partial charge < -0.3 is 9.84 Å². The zero-order valence-electron chi connectivity index (χ0n) is 21.6. The molecule has 0 saturated carbocycles. The van der Waals surface area contributed by atoms with Crippen molar-refractivity contribution in [3.63, 3.8) is 0 Å². The number of ether oxygens (including phenoxy) is 1. The highest BCUT2D eigenvalue weighted by atomic mass is 16.5. The number of aromatic nitrogens is 2. The predicted molar refractivity (Wildman–Crippen MR) is 148 cm³/mol. The third kappa shape index (κ3) is 5.19. The minimum absolute atomic E-state index is 0.0603. The third-order valence-corrected chi connectivity index (χ3v) is 7.11. The second-order valence-corrected chi connectivity index (χ2v) is 9.50. The highest BCUT2D eigenvalue weighted by Gasteiger charge is 2.44. The van der Waals surface area contributed by atoms with Gasteiger partial charge >= 0.3 is 5.97 Å². The normalized spacial score (nSPS) is 17.4. The van der Waals surface area contributed by atoms with Crippen LogP contribution in [0.5, 0.6) is 0 Å². The maximum atomic E-state index is 11.9. The van der Waals surface area contributed by atoms with Crippen molar-refractivity contribution >= 4 is 12.0 Å². The van der Waals surface area contributed by atoms with Gasteiger partial charge in [0.25, 0.3) is 0 Å². The summed E-state index contributed by atoms with van der Waals surface area (Å²) in [5, 5.41) is 15.6. The average Bonchev–Trinajstić information content (AvgIpc) is 3.39. The molecule has 6 nitrogen and oxygen atoms in total. The molecule has 1 aromatic heterocycles. The van der Waals surface area contributed by atoms with Crippen molar-refractivity contribution in [3.8, 4) is 0 Å². The van der Waals surface area contributed by atoms with Crippen LogP contribution in [0.3, 0.4) is 0 Å². The Balaban J connectivity index is 1.57. The first-order valence-corrected chi connectivity index (χ1v) is 13.1. The lowest BCUT2D eigenvalue weighted by Gasteiger charge is -2.48. The van der Waals surface area contributed by atoms with Gasteiger partial charge in [0.2, 0.25) is 0 Å². The second-order valence-electron chi connectivity index (χ2n) is 9.50. The molecule has 1 fully saturated rings. The molecule has 38 heavy (non-hydrogen) atoms. The van der Waals surface area contributed by atoms with Crippen molar-refractivity contribution < 1.29 is 14.6 Å². The lowest BCUT2D eigenvalue weighted by Crippen LogP contribution is -2.52. The number of hydrogen-bond donors (Lipinski definition) is 1. The molecule has 1 saturated heterocycles. The van der Waals surface area contributed by atoms with Crippen LogP contribution in [-0.4, -0.2) is 51.6 Å². The highest BCUT2D eigenvalue weighted by molar-refractivity contribution is 5.69. The first-order valence-electron chi connectivity index (χ1n) is 13.1. The summed E-state index contributed by atoms with van der Waals surface area (Å²) >= 11 is 0. The van der Waals surface area contributed by atoms with Crippen molar-refractivity contribution in [2.45, 2.75) is 31.5 Å². The molecule has 0 spiro atoms. The van der Waals surface area contributed by atoms with Crippen LogP contribution >= 0.6 is 0 Å². The molecule has 0 aliphatic carbocycles. The number of carbonyl (C=O) groups excluding carboxylic acids is 1. The molecule has 1 unspecified atom stereocenters. The van der Waals surface area contributed by atoms with E-state index < -0.39 is 11.6 Å². The first kappa shape index (κ1) is 25.6. The summed E-state index contributed by atoms with van der Waals surface area (Å²) < 4.78 is 6.61. The van der Waals surface area contributed by atoms with E-state index >= 15 is 0 Å². The molecular weight excluding hydrogens is 474 g/mol. The molecule has 3 aromatic carbocycles. The van der Waals surface area contributed by atoms with Crippen molar-refractivity contribution in [2.75, 3.05) is 19.7 Å². The van der Waals surface area contributed by atoms with Gasteiger partial charge in [-0.25, -0.2) is 0 Å². The highest BCUT2D eigenvalue weighted by Crippen LogP contribution is 2.44. The lowest BCUT2D eigenvalue weighted by molar-refractivity contribution is -0.144. The Hall–Kier alpha value is -4.00. The molecule has 1 atom stereocenters. The van der Waals surface area contributed by atoms with Gasteiger partial charge in [0.15, 0.2) is 0 Å². The Bertz CT molecular complexity index is 1270. The standard InChI is InChI=1S/C32H33N3O3/c1-2-38-31(37)24-35-21-18-29(33-35)22-25-23-34(20-19-30(25)36)32(26-12-6-3-7-13-26,27-14-8-4-9-15-27)28-16-10-5-11-17-28/h3-18,21-22,30,36H,2,19-20,23-24H2,1H3. The summed E-state index contributed by atoms with van der Waals surface area (Å²) in [7, 11) is 0. The number of likely N-dealkylation sites (tertiary alicyclic amines) is 1. The lowest BCUT2D eigenvalue weighted by atomic mass is 9.74. The minimum atomic E-state index is -0.568. The molecule has 5 rings (SSSR count). The van der Waals surface area contributed by atoms with Crippen LogP contribution in [0, 0.1) is 0 Å². The summed E-state index contributed by atoms with van der Waals surface area (Å²) in [6, 6.07) is 33.6. The molecular formula is C32H33N3O3. The number of aliphatic hydroxyl groups excluding tert-OH is 1. The number of carbonyl (C=O) groups is 1. The summed E-state index contributed by atoms with van der Waals surface area (Å²) in [6.45, 7) is 3.46. The van der Waals surface area contributed by atoms with Crippen LogP contribution in [0.4, 0.5) is 0 Å². The molecule has 194 valence electrons. The van der Waals surface area contributed by atoms with Gasteiger partial charge in [-0.2, -0.15) is 5.10 Å². The van der Waals surface area contributed by atoms with Crippen LogP contribution < -0.4 is 0 Å². The summed E-state index contributed by atoms with van der Waals surface area (Å²) in [5.74, 6) is -0.322. The molecule has 4 aromatic rings. The number of esters is 1. The molecule has 6 heteroatoms. The maximum Gasteiger partial charge on any atom is 0.327 e. The largest absolute Gasteiger partial charge is 0.465 e. The van der Waals surface area contributed by atoms with Crippen LogP contribution in [0.15, 0.2) is 109 Å². The number of hydrogen-bond acceptors (Lipinski definition) is 5. The molecule has 1 N–H and O–H groups in total. The van der Waals surface area contributed by atoms with Crippen LogP contribution in [0.25, 0.3) is 6.08 Å². The fraction of sp³-hybridized carbons (Fsp3) is 0.250. The molecule has 1 aliphatic rings. The van der Waals surface area contributed by atoms with E-state index in [9.17, 15) is 9.90 Å². The topological polar surface area (TPSA) is 67.6 Å². The van der Waals surface area contributed by atoms with Gasteiger partial charge in [0.1, 0.15) is 6.54 Å². The SMILES string of the molecule is CCOC(=O)Cn1ccc(C=C2CN(C(c3ccccc3)(c3ccccc3)c3ccccc3)CCC2O)n1. The molecule has 1 aliphatic heterocycles. The molecule has 2 heterocycles. The van der Waals surface area contributed by atoms with Gasteiger partial charge in [-0.1, -0.05) is 91.0 Å². The Morgan fingerprint density at radius 2 is 1.50 bits per heavy atom. The summed E-state index contributed by atoms with van der Waals surface area (Å²) in [4.78, 5) is 14.3. The van der Waals surface area contributed by atoms with Gasteiger partial charge in [0, 0.05) is 19.3 Å². The summed E-state index contributed by atoms with van der Waals surface area (Å²) in [5.41, 5.74) is 4.57. The second kappa shape index (κ2) is 11.6. The van der Waals surface area contributed by atoms with E-state index in [0.29, 0.717) is 31.8 Å². The Morgan fingerprint density at radius 1 is 0.947 bits per heavy atom. The monoisotopic (exact) mass is 507 g/mol. The smallest absolute Gasteiger partial charge is 0.327 e. The zero-order chi connectivity index (χ0) is 26.4. The van der Waals surface area contributed by atoms with E-state index in [0.717, 1.165) is 5.57 Å². The van der Waals surface area contributed by atoms with Crippen molar-refractivity contribution in [1.82, 2.24) is 14.7 Å².